The summed E-state index contributed by atoms with van der Waals surface area (Å²) in [6.45, 7) is 3.97. The third-order valence-corrected chi connectivity index (χ3v) is 6.10. The number of carboxylic acids is 2. The summed E-state index contributed by atoms with van der Waals surface area (Å²) in [5.74, 6) is -2.94. The average Bonchev–Trinajstić information content (AvgIpc) is 3.42. The molecule has 4 heterocycles. The molecule has 0 aromatic carbocycles. The van der Waals surface area contributed by atoms with E-state index < -0.39 is 24.3 Å². The molecule has 11 nitrogen and oxygen atoms in total. The lowest BCUT2D eigenvalue weighted by Crippen LogP contribution is -2.33. The average molecular weight is 566 g/mol. The lowest BCUT2D eigenvalue weighted by molar-refractivity contribution is -0.193. The number of rotatable bonds is 4. The zero-order valence-corrected chi connectivity index (χ0v) is 20.1. The number of aliphatic carboxylic acids is 2. The molecule has 1 saturated carbocycles. The standard InChI is InChI=1S/C18H22N6O.2C2HF3O2/c25-18(20-15-1-2-15)17-22-21-16-7-13-9-23(10-14(13)11-24(16)17)8-12-3-5-19-6-4-12;2*3-2(4,5)1(6)7/h3-6,13-15H,1-2,7-11H2,(H,20,25);2*(H,6,7). The Balaban J connectivity index is 0.000000251. The lowest BCUT2D eigenvalue weighted by Gasteiger charge is -2.25. The number of carbonyl (C=O) groups excluding carboxylic acids is 1. The molecule has 2 unspecified atom stereocenters. The first-order valence-electron chi connectivity index (χ1n) is 11.6. The van der Waals surface area contributed by atoms with Crippen molar-refractivity contribution in [2.24, 2.45) is 11.8 Å². The maximum atomic E-state index is 12.4. The number of carboxylic acid groups (broad SMARTS) is 2. The number of aromatic nitrogens is 4. The summed E-state index contributed by atoms with van der Waals surface area (Å²) < 4.78 is 65.5. The molecule has 17 heteroatoms. The van der Waals surface area contributed by atoms with Crippen molar-refractivity contribution in [3.05, 3.63) is 41.7 Å². The fourth-order valence-electron chi connectivity index (χ4n) is 4.14. The number of likely N-dealkylation sites (tertiary alicyclic amines) is 1. The van der Waals surface area contributed by atoms with Gasteiger partial charge < -0.3 is 20.1 Å². The Kier molecular flexibility index (Phi) is 9.14. The summed E-state index contributed by atoms with van der Waals surface area (Å²) in [6.07, 6.45) is -3.38. The van der Waals surface area contributed by atoms with Gasteiger partial charge in [-0.3, -0.25) is 14.7 Å². The predicted octanol–water partition coefficient (Wildman–Crippen LogP) is 2.14. The fourth-order valence-corrected chi connectivity index (χ4v) is 4.14. The molecular weight excluding hydrogens is 542 g/mol. The number of alkyl halides is 6. The molecule has 0 radical (unpaired) electrons. The molecule has 2 aliphatic heterocycles. The van der Waals surface area contributed by atoms with Crippen LogP contribution in [0.25, 0.3) is 0 Å². The molecule has 0 bridgehead atoms. The quantitative estimate of drug-likeness (QED) is 0.473. The summed E-state index contributed by atoms with van der Waals surface area (Å²) >= 11 is 0. The summed E-state index contributed by atoms with van der Waals surface area (Å²) in [5, 5.41) is 25.8. The number of hydrogen-bond acceptors (Lipinski definition) is 7. The van der Waals surface area contributed by atoms with Crippen LogP contribution < -0.4 is 5.32 Å². The first kappa shape index (κ1) is 29.8. The Labute approximate surface area is 216 Å². The number of carbonyl (C=O) groups is 3. The van der Waals surface area contributed by atoms with Gasteiger partial charge in [0.05, 0.1) is 0 Å². The van der Waals surface area contributed by atoms with Crippen molar-refractivity contribution in [1.29, 1.82) is 0 Å². The van der Waals surface area contributed by atoms with Gasteiger partial charge in [-0.15, -0.1) is 10.2 Å². The Morgan fingerprint density at radius 2 is 1.44 bits per heavy atom. The monoisotopic (exact) mass is 566 g/mol. The van der Waals surface area contributed by atoms with Crippen LogP contribution in [0, 0.1) is 11.8 Å². The van der Waals surface area contributed by atoms with Gasteiger partial charge in [0.15, 0.2) is 0 Å². The van der Waals surface area contributed by atoms with Gasteiger partial charge in [0.1, 0.15) is 5.82 Å². The van der Waals surface area contributed by atoms with E-state index in [2.05, 4.69) is 42.1 Å². The van der Waals surface area contributed by atoms with Gasteiger partial charge in [-0.25, -0.2) is 9.59 Å². The summed E-state index contributed by atoms with van der Waals surface area (Å²) in [6, 6.07) is 4.51. The van der Waals surface area contributed by atoms with Gasteiger partial charge in [0.25, 0.3) is 5.91 Å². The van der Waals surface area contributed by atoms with E-state index in [1.54, 1.807) is 0 Å². The van der Waals surface area contributed by atoms with Crippen molar-refractivity contribution in [3.63, 3.8) is 0 Å². The zero-order chi connectivity index (χ0) is 29.0. The predicted molar refractivity (Wildman–Crippen MR) is 118 cm³/mol. The third kappa shape index (κ3) is 8.62. The molecule has 3 aliphatic rings. The van der Waals surface area contributed by atoms with Crippen LogP contribution in [-0.2, 0) is 29.1 Å². The highest BCUT2D eigenvalue weighted by molar-refractivity contribution is 5.91. The van der Waals surface area contributed by atoms with Crippen LogP contribution in [0.4, 0.5) is 26.3 Å². The van der Waals surface area contributed by atoms with Crippen LogP contribution >= 0.6 is 0 Å². The summed E-state index contributed by atoms with van der Waals surface area (Å²) in [4.78, 5) is 36.8. The van der Waals surface area contributed by atoms with E-state index in [-0.39, 0.29) is 5.91 Å². The van der Waals surface area contributed by atoms with E-state index in [4.69, 9.17) is 19.8 Å². The van der Waals surface area contributed by atoms with Crippen molar-refractivity contribution in [2.45, 2.75) is 50.7 Å². The first-order chi connectivity index (χ1) is 18.1. The van der Waals surface area contributed by atoms with Crippen LogP contribution in [0.15, 0.2) is 24.5 Å². The van der Waals surface area contributed by atoms with Gasteiger partial charge in [-0.05, 0) is 42.4 Å². The Bertz CT molecular complexity index is 1140. The second-order valence-corrected chi connectivity index (χ2v) is 9.18. The number of pyridine rings is 1. The molecule has 3 N–H and O–H groups in total. The molecule has 2 atom stereocenters. The highest BCUT2D eigenvalue weighted by Crippen LogP contribution is 2.33. The largest absolute Gasteiger partial charge is 0.490 e. The third-order valence-electron chi connectivity index (χ3n) is 6.10. The number of amides is 1. The fraction of sp³-hybridized carbons (Fsp3) is 0.545. The number of nitrogens with one attached hydrogen (secondary N) is 1. The Morgan fingerprint density at radius 1 is 0.897 bits per heavy atom. The van der Waals surface area contributed by atoms with E-state index in [9.17, 15) is 31.1 Å². The van der Waals surface area contributed by atoms with Crippen molar-refractivity contribution >= 4 is 17.8 Å². The molecule has 2 fully saturated rings. The molecule has 39 heavy (non-hydrogen) atoms. The summed E-state index contributed by atoms with van der Waals surface area (Å²) in [5.41, 5.74) is 1.30. The second kappa shape index (κ2) is 12.0. The van der Waals surface area contributed by atoms with Gasteiger partial charge in [0, 0.05) is 51.0 Å². The lowest BCUT2D eigenvalue weighted by atomic mass is 9.89. The molecule has 1 saturated heterocycles. The molecule has 2 aromatic rings. The van der Waals surface area contributed by atoms with Crippen molar-refractivity contribution < 1.29 is 50.9 Å². The van der Waals surface area contributed by atoms with E-state index >= 15 is 0 Å². The van der Waals surface area contributed by atoms with E-state index in [1.807, 2.05) is 12.4 Å². The molecular formula is C22H24F6N6O5. The second-order valence-electron chi connectivity index (χ2n) is 9.18. The van der Waals surface area contributed by atoms with Crippen molar-refractivity contribution in [2.75, 3.05) is 13.1 Å². The number of fused-ring (bicyclic) bond motifs is 2. The van der Waals surface area contributed by atoms with Crippen LogP contribution in [0.1, 0.15) is 34.8 Å². The topological polar surface area (TPSA) is 151 Å². The highest BCUT2D eigenvalue weighted by Gasteiger charge is 2.40. The molecule has 1 amide bonds. The Hall–Kier alpha value is -3.76. The number of nitrogens with zero attached hydrogens (tertiary/aromatic N) is 5. The molecule has 1 aliphatic carbocycles. The smallest absolute Gasteiger partial charge is 0.475 e. The minimum absolute atomic E-state index is 0.0636. The van der Waals surface area contributed by atoms with Crippen LogP contribution in [0.5, 0.6) is 0 Å². The molecule has 0 spiro atoms. The van der Waals surface area contributed by atoms with Gasteiger partial charge in [-0.2, -0.15) is 26.3 Å². The maximum absolute atomic E-state index is 12.4. The van der Waals surface area contributed by atoms with E-state index in [0.717, 1.165) is 51.3 Å². The highest BCUT2D eigenvalue weighted by atomic mass is 19.4. The SMILES string of the molecule is O=C(NC1CC1)c1nnc2n1CC1CN(Cc3ccncc3)CC1C2.O=C(O)C(F)(F)F.O=C(O)C(F)(F)F. The summed E-state index contributed by atoms with van der Waals surface area (Å²) in [7, 11) is 0. The molecule has 2 aromatic heterocycles. The number of halogens is 6. The zero-order valence-electron chi connectivity index (χ0n) is 20.1. The molecule has 214 valence electrons. The minimum Gasteiger partial charge on any atom is -0.475 e. The number of hydrogen-bond donors (Lipinski definition) is 3. The van der Waals surface area contributed by atoms with Gasteiger partial charge >= 0.3 is 24.3 Å². The molecule has 5 rings (SSSR count). The van der Waals surface area contributed by atoms with Crippen molar-refractivity contribution in [3.8, 4) is 0 Å². The van der Waals surface area contributed by atoms with E-state index in [1.165, 1.54) is 5.56 Å². The van der Waals surface area contributed by atoms with Gasteiger partial charge in [0.2, 0.25) is 5.82 Å². The van der Waals surface area contributed by atoms with Crippen LogP contribution in [0.3, 0.4) is 0 Å². The Morgan fingerprint density at radius 3 is 1.95 bits per heavy atom. The maximum Gasteiger partial charge on any atom is 0.490 e. The van der Waals surface area contributed by atoms with E-state index in [0.29, 0.717) is 23.7 Å². The van der Waals surface area contributed by atoms with Gasteiger partial charge in [-0.1, -0.05) is 0 Å². The van der Waals surface area contributed by atoms with Crippen LogP contribution in [-0.4, -0.2) is 84.2 Å². The van der Waals surface area contributed by atoms with Crippen molar-refractivity contribution in [1.82, 2.24) is 30.0 Å². The minimum atomic E-state index is -5.08. The van der Waals surface area contributed by atoms with Crippen LogP contribution in [0.2, 0.25) is 0 Å². The first-order valence-corrected chi connectivity index (χ1v) is 11.6. The normalized spacial score (nSPS) is 20.4.